The van der Waals surface area contributed by atoms with Crippen molar-refractivity contribution in [2.24, 2.45) is 0 Å². The van der Waals surface area contributed by atoms with E-state index in [-0.39, 0.29) is 0 Å². The first-order valence-electron chi connectivity index (χ1n) is 6.44. The lowest BCUT2D eigenvalue weighted by atomic mass is 10.1. The van der Waals surface area contributed by atoms with Crippen LogP contribution in [0.4, 0.5) is 10.1 Å². The summed E-state index contributed by atoms with van der Waals surface area (Å²) in [4.78, 5) is 10.5. The summed E-state index contributed by atoms with van der Waals surface area (Å²) in [5.74, 6) is -2.68. The van der Waals surface area contributed by atoms with Crippen molar-refractivity contribution in [3.05, 3.63) is 57.9 Å². The van der Waals surface area contributed by atoms with Crippen molar-refractivity contribution < 1.29 is 22.7 Å². The Balaban J connectivity index is 2.54. The van der Waals surface area contributed by atoms with Gasteiger partial charge in [-0.3, -0.25) is 4.72 Å². The zero-order valence-electron chi connectivity index (χ0n) is 12.2. The molecule has 0 bridgehead atoms. The van der Waals surface area contributed by atoms with Gasteiger partial charge in [0.1, 0.15) is 10.7 Å². The van der Waals surface area contributed by atoms with Gasteiger partial charge >= 0.3 is 5.97 Å². The molecule has 2 N–H and O–H groups in total. The first kappa shape index (κ1) is 17.2. The number of carboxylic acid groups (broad SMARTS) is 1. The maximum Gasteiger partial charge on any atom is 0.338 e. The average molecular weight is 358 g/mol. The lowest BCUT2D eigenvalue weighted by Gasteiger charge is -2.13. The van der Waals surface area contributed by atoms with Gasteiger partial charge in [0, 0.05) is 0 Å². The molecule has 0 aliphatic heterocycles. The normalized spacial score (nSPS) is 11.3. The molecular formula is C15H13ClFNO4S. The maximum atomic E-state index is 13.5. The van der Waals surface area contributed by atoms with Gasteiger partial charge in [0.15, 0.2) is 0 Å². The molecule has 0 aliphatic carbocycles. The SMILES string of the molecule is Cc1ccc(C)c(NS(=O)(=O)c2cc(C(=O)O)c(F)cc2Cl)c1. The molecule has 2 aromatic rings. The number of hydrogen-bond donors (Lipinski definition) is 2. The minimum Gasteiger partial charge on any atom is -0.478 e. The number of benzene rings is 2. The van der Waals surface area contributed by atoms with Crippen molar-refractivity contribution in [1.82, 2.24) is 0 Å². The third-order valence-corrected chi connectivity index (χ3v) is 5.01. The number of aromatic carboxylic acids is 1. The van der Waals surface area contributed by atoms with Crippen molar-refractivity contribution in [2.75, 3.05) is 4.72 Å². The Kier molecular flexibility index (Phi) is 4.63. The van der Waals surface area contributed by atoms with Crippen LogP contribution in [0, 0.1) is 19.7 Å². The highest BCUT2D eigenvalue weighted by Crippen LogP contribution is 2.28. The van der Waals surface area contributed by atoms with Gasteiger partial charge in [0.2, 0.25) is 0 Å². The minimum atomic E-state index is -4.17. The largest absolute Gasteiger partial charge is 0.478 e. The van der Waals surface area contributed by atoms with E-state index < -0.39 is 37.3 Å². The van der Waals surface area contributed by atoms with Crippen LogP contribution in [0.1, 0.15) is 21.5 Å². The summed E-state index contributed by atoms with van der Waals surface area (Å²) in [6, 6.07) is 6.56. The Morgan fingerprint density at radius 3 is 2.48 bits per heavy atom. The number of aryl methyl sites for hydroxylation is 2. The fourth-order valence-corrected chi connectivity index (χ4v) is 3.61. The molecule has 0 spiro atoms. The van der Waals surface area contributed by atoms with E-state index in [9.17, 15) is 17.6 Å². The second kappa shape index (κ2) is 6.17. The van der Waals surface area contributed by atoms with E-state index in [1.807, 2.05) is 6.07 Å². The predicted molar refractivity (Wildman–Crippen MR) is 85.1 cm³/mol. The van der Waals surface area contributed by atoms with E-state index in [0.717, 1.165) is 5.56 Å². The highest BCUT2D eigenvalue weighted by Gasteiger charge is 2.23. The van der Waals surface area contributed by atoms with Crippen LogP contribution in [0.15, 0.2) is 35.2 Å². The van der Waals surface area contributed by atoms with Gasteiger partial charge < -0.3 is 5.11 Å². The van der Waals surface area contributed by atoms with E-state index in [4.69, 9.17) is 16.7 Å². The molecule has 0 fully saturated rings. The molecule has 2 rings (SSSR count). The smallest absolute Gasteiger partial charge is 0.338 e. The Labute approximate surface area is 137 Å². The molecule has 8 heteroatoms. The van der Waals surface area contributed by atoms with Crippen LogP contribution in [-0.2, 0) is 10.0 Å². The van der Waals surface area contributed by atoms with Gasteiger partial charge in [-0.15, -0.1) is 0 Å². The average Bonchev–Trinajstić information content (AvgIpc) is 2.41. The molecule has 0 radical (unpaired) electrons. The number of anilines is 1. The Hall–Kier alpha value is -2.12. The zero-order chi connectivity index (χ0) is 17.4. The second-order valence-electron chi connectivity index (χ2n) is 4.99. The number of rotatable bonds is 4. The van der Waals surface area contributed by atoms with Crippen LogP contribution in [0.2, 0.25) is 5.02 Å². The zero-order valence-corrected chi connectivity index (χ0v) is 13.8. The highest BCUT2D eigenvalue weighted by atomic mass is 35.5. The predicted octanol–water partition coefficient (Wildman–Crippen LogP) is 3.59. The first-order valence-corrected chi connectivity index (χ1v) is 8.30. The molecule has 0 saturated heterocycles. The van der Waals surface area contributed by atoms with E-state index in [1.165, 1.54) is 0 Å². The van der Waals surface area contributed by atoms with Gasteiger partial charge in [0.05, 0.1) is 16.3 Å². The van der Waals surface area contributed by atoms with E-state index in [1.54, 1.807) is 26.0 Å². The van der Waals surface area contributed by atoms with E-state index >= 15 is 0 Å². The number of carboxylic acids is 1. The standard InChI is InChI=1S/C15H13ClFNO4S/c1-8-3-4-9(2)13(5-8)18-23(21,22)14-6-10(15(19)20)12(17)7-11(14)16/h3-7,18H,1-2H3,(H,19,20). The monoisotopic (exact) mass is 357 g/mol. The van der Waals surface area contributed by atoms with Crippen LogP contribution in [0.5, 0.6) is 0 Å². The van der Waals surface area contributed by atoms with Gasteiger partial charge in [-0.05, 0) is 43.2 Å². The maximum absolute atomic E-state index is 13.5. The molecule has 5 nitrogen and oxygen atoms in total. The summed E-state index contributed by atoms with van der Waals surface area (Å²) in [5, 5.41) is 8.52. The fraction of sp³-hybridized carbons (Fsp3) is 0.133. The van der Waals surface area contributed by atoms with Crippen LogP contribution in [-0.4, -0.2) is 19.5 Å². The number of halogens is 2. The topological polar surface area (TPSA) is 83.5 Å². The number of carbonyl (C=O) groups is 1. The number of sulfonamides is 1. The molecule has 0 aromatic heterocycles. The quantitative estimate of drug-likeness (QED) is 0.875. The summed E-state index contributed by atoms with van der Waals surface area (Å²) in [6.07, 6.45) is 0. The minimum absolute atomic E-state index is 0.335. The molecule has 0 unspecified atom stereocenters. The number of nitrogens with one attached hydrogen (secondary N) is 1. The molecule has 0 heterocycles. The van der Waals surface area contributed by atoms with Crippen LogP contribution >= 0.6 is 11.6 Å². The van der Waals surface area contributed by atoms with Gasteiger partial charge in [0.25, 0.3) is 10.0 Å². The first-order chi connectivity index (χ1) is 10.6. The van der Waals surface area contributed by atoms with E-state index in [2.05, 4.69) is 4.72 Å². The molecule has 0 saturated carbocycles. The fourth-order valence-electron chi connectivity index (χ4n) is 1.94. The molecule has 2 aromatic carbocycles. The molecule has 0 aliphatic rings. The molecule has 23 heavy (non-hydrogen) atoms. The van der Waals surface area contributed by atoms with Crippen molar-refractivity contribution in [3.63, 3.8) is 0 Å². The molecule has 122 valence electrons. The summed E-state index contributed by atoms with van der Waals surface area (Å²) < 4.78 is 40.8. The summed E-state index contributed by atoms with van der Waals surface area (Å²) in [7, 11) is -4.17. The number of hydrogen-bond acceptors (Lipinski definition) is 3. The van der Waals surface area contributed by atoms with Crippen LogP contribution in [0.3, 0.4) is 0 Å². The lowest BCUT2D eigenvalue weighted by Crippen LogP contribution is -2.16. The van der Waals surface area contributed by atoms with Crippen molar-refractivity contribution in [1.29, 1.82) is 0 Å². The third kappa shape index (κ3) is 3.62. The molecular weight excluding hydrogens is 345 g/mol. The third-order valence-electron chi connectivity index (χ3n) is 3.18. The summed E-state index contributed by atoms with van der Waals surface area (Å²) in [5.41, 5.74) is 1.08. The highest BCUT2D eigenvalue weighted by molar-refractivity contribution is 7.92. The Morgan fingerprint density at radius 2 is 1.87 bits per heavy atom. The summed E-state index contributed by atoms with van der Waals surface area (Å²) >= 11 is 5.78. The van der Waals surface area contributed by atoms with Gasteiger partial charge in [-0.2, -0.15) is 0 Å². The molecule has 0 amide bonds. The van der Waals surface area contributed by atoms with Crippen LogP contribution in [0.25, 0.3) is 0 Å². The Bertz CT molecular complexity index is 897. The molecule has 0 atom stereocenters. The van der Waals surface area contributed by atoms with Crippen LogP contribution < -0.4 is 4.72 Å². The van der Waals surface area contributed by atoms with Gasteiger partial charge in [-0.25, -0.2) is 17.6 Å². The summed E-state index contributed by atoms with van der Waals surface area (Å²) in [6.45, 7) is 3.51. The Morgan fingerprint density at radius 1 is 1.22 bits per heavy atom. The second-order valence-corrected chi connectivity index (χ2v) is 7.05. The van der Waals surface area contributed by atoms with Crippen molar-refractivity contribution >= 4 is 33.3 Å². The van der Waals surface area contributed by atoms with Gasteiger partial charge in [-0.1, -0.05) is 23.7 Å². The van der Waals surface area contributed by atoms with Crippen molar-refractivity contribution in [2.45, 2.75) is 18.7 Å². The van der Waals surface area contributed by atoms with Crippen molar-refractivity contribution in [3.8, 4) is 0 Å². The lowest BCUT2D eigenvalue weighted by molar-refractivity contribution is 0.0691. The van der Waals surface area contributed by atoms with E-state index in [0.29, 0.717) is 23.4 Å².